The fourth-order valence-corrected chi connectivity index (χ4v) is 1.50. The molecule has 0 aliphatic heterocycles. The quantitative estimate of drug-likeness (QED) is 0.588. The molecular weight excluding hydrogens is 236 g/mol. The molecule has 0 aliphatic carbocycles. The number of likely N-dealkylation sites (N-methyl/N-ethyl adjacent to an activating group) is 1. The highest BCUT2D eigenvalue weighted by Crippen LogP contribution is 2.12. The van der Waals surface area contributed by atoms with E-state index >= 15 is 0 Å². The first-order valence-electron chi connectivity index (χ1n) is 5.62. The maximum atomic E-state index is 10.5. The summed E-state index contributed by atoms with van der Waals surface area (Å²) in [5.41, 5.74) is 1.08. The van der Waals surface area contributed by atoms with Crippen LogP contribution in [0, 0.1) is 10.1 Å². The van der Waals surface area contributed by atoms with Gasteiger partial charge in [-0.2, -0.15) is 0 Å². The van der Waals surface area contributed by atoms with Crippen LogP contribution in [0.25, 0.3) is 0 Å². The summed E-state index contributed by atoms with van der Waals surface area (Å²) in [5, 5.41) is 19.0. The SMILES string of the molecule is CN(CCC(=O)O)CCc1ccc([N+](=O)[O-])cc1. The van der Waals surface area contributed by atoms with Crippen molar-refractivity contribution in [2.45, 2.75) is 12.8 Å². The van der Waals surface area contributed by atoms with E-state index in [0.29, 0.717) is 6.54 Å². The Morgan fingerprint density at radius 1 is 1.33 bits per heavy atom. The van der Waals surface area contributed by atoms with Gasteiger partial charge in [-0.1, -0.05) is 12.1 Å². The first kappa shape index (κ1) is 14.1. The maximum absolute atomic E-state index is 10.5. The highest BCUT2D eigenvalue weighted by molar-refractivity contribution is 5.66. The molecule has 0 heterocycles. The second-order valence-corrected chi connectivity index (χ2v) is 4.12. The predicted molar refractivity (Wildman–Crippen MR) is 66.6 cm³/mol. The van der Waals surface area contributed by atoms with E-state index < -0.39 is 10.9 Å². The minimum Gasteiger partial charge on any atom is -0.481 e. The van der Waals surface area contributed by atoms with Crippen LogP contribution in [0.3, 0.4) is 0 Å². The lowest BCUT2D eigenvalue weighted by Gasteiger charge is -2.14. The Kier molecular flexibility index (Phi) is 5.26. The van der Waals surface area contributed by atoms with Crippen molar-refractivity contribution >= 4 is 11.7 Å². The number of nitrogens with zero attached hydrogens (tertiary/aromatic N) is 2. The summed E-state index contributed by atoms with van der Waals surface area (Å²) in [7, 11) is 1.86. The molecule has 0 atom stereocenters. The molecule has 0 aliphatic rings. The van der Waals surface area contributed by atoms with Crippen molar-refractivity contribution in [3.05, 3.63) is 39.9 Å². The van der Waals surface area contributed by atoms with Crippen LogP contribution in [-0.4, -0.2) is 41.0 Å². The van der Waals surface area contributed by atoms with E-state index in [2.05, 4.69) is 0 Å². The summed E-state index contributed by atoms with van der Waals surface area (Å²) in [5.74, 6) is -0.808. The van der Waals surface area contributed by atoms with Gasteiger partial charge in [-0.3, -0.25) is 14.9 Å². The molecule has 98 valence electrons. The number of nitro benzene ring substituents is 1. The van der Waals surface area contributed by atoms with Crippen LogP contribution in [0.15, 0.2) is 24.3 Å². The monoisotopic (exact) mass is 252 g/mol. The summed E-state index contributed by atoms with van der Waals surface area (Å²) in [4.78, 5) is 22.4. The van der Waals surface area contributed by atoms with Gasteiger partial charge in [0.1, 0.15) is 0 Å². The van der Waals surface area contributed by atoms with Gasteiger partial charge in [-0.05, 0) is 19.0 Å². The van der Waals surface area contributed by atoms with Crippen molar-refractivity contribution < 1.29 is 14.8 Å². The van der Waals surface area contributed by atoms with E-state index in [-0.39, 0.29) is 12.1 Å². The van der Waals surface area contributed by atoms with Crippen molar-refractivity contribution in [1.29, 1.82) is 0 Å². The lowest BCUT2D eigenvalue weighted by Crippen LogP contribution is -2.24. The lowest BCUT2D eigenvalue weighted by atomic mass is 10.1. The second-order valence-electron chi connectivity index (χ2n) is 4.12. The van der Waals surface area contributed by atoms with Crippen LogP contribution in [-0.2, 0) is 11.2 Å². The zero-order valence-corrected chi connectivity index (χ0v) is 10.2. The fourth-order valence-electron chi connectivity index (χ4n) is 1.50. The van der Waals surface area contributed by atoms with Gasteiger partial charge in [-0.25, -0.2) is 0 Å². The molecule has 0 spiro atoms. The standard InChI is InChI=1S/C12H16N2O4/c1-13(9-7-12(15)16)8-6-10-2-4-11(5-3-10)14(17)18/h2-5H,6-9H2,1H3,(H,15,16). The van der Waals surface area contributed by atoms with Gasteiger partial charge in [0.05, 0.1) is 11.3 Å². The van der Waals surface area contributed by atoms with Crippen LogP contribution in [0.5, 0.6) is 0 Å². The van der Waals surface area contributed by atoms with Crippen LogP contribution >= 0.6 is 0 Å². The van der Waals surface area contributed by atoms with E-state index in [1.54, 1.807) is 12.1 Å². The molecule has 18 heavy (non-hydrogen) atoms. The maximum Gasteiger partial charge on any atom is 0.304 e. The summed E-state index contributed by atoms with van der Waals surface area (Å²) in [6, 6.07) is 6.41. The Labute approximate surface area is 105 Å². The van der Waals surface area contributed by atoms with Gasteiger partial charge < -0.3 is 10.0 Å². The van der Waals surface area contributed by atoms with E-state index in [4.69, 9.17) is 5.11 Å². The van der Waals surface area contributed by atoms with Gasteiger partial charge in [-0.15, -0.1) is 0 Å². The highest BCUT2D eigenvalue weighted by Gasteiger charge is 2.05. The first-order chi connectivity index (χ1) is 8.49. The van der Waals surface area contributed by atoms with Crippen LogP contribution in [0.2, 0.25) is 0 Å². The molecule has 0 amide bonds. The predicted octanol–water partition coefficient (Wildman–Crippen LogP) is 1.54. The largest absolute Gasteiger partial charge is 0.481 e. The average molecular weight is 252 g/mol. The summed E-state index contributed by atoms with van der Waals surface area (Å²) in [6.45, 7) is 1.23. The van der Waals surface area contributed by atoms with Gasteiger partial charge >= 0.3 is 5.97 Å². The van der Waals surface area contributed by atoms with E-state index in [1.807, 2.05) is 11.9 Å². The zero-order valence-electron chi connectivity index (χ0n) is 10.2. The van der Waals surface area contributed by atoms with E-state index in [9.17, 15) is 14.9 Å². The minimum absolute atomic E-state index is 0.0815. The number of hydrogen-bond donors (Lipinski definition) is 1. The van der Waals surface area contributed by atoms with Gasteiger partial charge in [0.15, 0.2) is 0 Å². The van der Waals surface area contributed by atoms with Crippen molar-refractivity contribution in [1.82, 2.24) is 4.90 Å². The molecule has 0 saturated carbocycles. The third-order valence-corrected chi connectivity index (χ3v) is 2.64. The molecule has 0 radical (unpaired) electrons. The van der Waals surface area contributed by atoms with Crippen LogP contribution < -0.4 is 0 Å². The Balaban J connectivity index is 2.39. The summed E-state index contributed by atoms with van der Waals surface area (Å²) >= 11 is 0. The Morgan fingerprint density at radius 3 is 2.44 bits per heavy atom. The average Bonchev–Trinajstić information content (AvgIpc) is 2.34. The van der Waals surface area contributed by atoms with E-state index in [0.717, 1.165) is 18.5 Å². The Bertz CT molecular complexity index is 417. The molecule has 6 heteroatoms. The molecule has 6 nitrogen and oxygen atoms in total. The van der Waals surface area contributed by atoms with E-state index in [1.165, 1.54) is 12.1 Å². The topological polar surface area (TPSA) is 83.7 Å². The number of carboxylic acid groups (broad SMARTS) is 1. The van der Waals surface area contributed by atoms with Crippen molar-refractivity contribution in [3.8, 4) is 0 Å². The van der Waals surface area contributed by atoms with Crippen molar-refractivity contribution in [2.24, 2.45) is 0 Å². The van der Waals surface area contributed by atoms with Gasteiger partial charge in [0, 0.05) is 25.2 Å². The number of carboxylic acids is 1. The lowest BCUT2D eigenvalue weighted by molar-refractivity contribution is -0.384. The van der Waals surface area contributed by atoms with Gasteiger partial charge in [0.25, 0.3) is 5.69 Å². The van der Waals surface area contributed by atoms with Gasteiger partial charge in [0.2, 0.25) is 0 Å². The van der Waals surface area contributed by atoms with Crippen LogP contribution in [0.4, 0.5) is 5.69 Å². The molecule has 1 N–H and O–H groups in total. The molecule has 1 aromatic carbocycles. The zero-order chi connectivity index (χ0) is 13.5. The molecule has 0 fully saturated rings. The molecule has 0 saturated heterocycles. The van der Waals surface area contributed by atoms with Crippen molar-refractivity contribution in [3.63, 3.8) is 0 Å². The molecule has 1 aromatic rings. The first-order valence-corrected chi connectivity index (χ1v) is 5.62. The smallest absolute Gasteiger partial charge is 0.304 e. The number of nitro groups is 1. The Morgan fingerprint density at radius 2 is 1.94 bits per heavy atom. The molecule has 0 unspecified atom stereocenters. The molecule has 1 rings (SSSR count). The molecular formula is C12H16N2O4. The Hall–Kier alpha value is -1.95. The summed E-state index contributed by atoms with van der Waals surface area (Å²) in [6.07, 6.45) is 0.866. The third-order valence-electron chi connectivity index (χ3n) is 2.64. The molecule has 0 aromatic heterocycles. The number of carbonyl (C=O) groups is 1. The number of non-ortho nitro benzene ring substituents is 1. The van der Waals surface area contributed by atoms with Crippen molar-refractivity contribution in [2.75, 3.05) is 20.1 Å². The second kappa shape index (κ2) is 6.70. The number of rotatable bonds is 7. The van der Waals surface area contributed by atoms with Crippen LogP contribution in [0.1, 0.15) is 12.0 Å². The number of aliphatic carboxylic acids is 1. The third kappa shape index (κ3) is 4.92. The number of benzene rings is 1. The normalized spacial score (nSPS) is 10.6. The fraction of sp³-hybridized carbons (Fsp3) is 0.417. The molecule has 0 bridgehead atoms. The minimum atomic E-state index is -0.808. The highest BCUT2D eigenvalue weighted by atomic mass is 16.6. The number of hydrogen-bond acceptors (Lipinski definition) is 4. The summed E-state index contributed by atoms with van der Waals surface area (Å²) < 4.78 is 0.